The van der Waals surface area contributed by atoms with Crippen LogP contribution in [0.15, 0.2) is 0 Å². The van der Waals surface area contributed by atoms with Crippen LogP contribution in [0, 0.1) is 17.0 Å². The zero-order valence-corrected chi connectivity index (χ0v) is 11.5. The Balaban J connectivity index is 2.03. The van der Waals surface area contributed by atoms with Crippen LogP contribution in [0.1, 0.15) is 5.82 Å². The van der Waals surface area contributed by atoms with E-state index in [2.05, 4.69) is 15.6 Å². The molecule has 0 aliphatic carbocycles. The Bertz CT molecular complexity index is 520. The van der Waals surface area contributed by atoms with E-state index in [1.54, 1.807) is 23.4 Å². The number of anilines is 1. The van der Waals surface area contributed by atoms with Gasteiger partial charge in [-0.3, -0.25) is 9.36 Å². The summed E-state index contributed by atoms with van der Waals surface area (Å²) in [4.78, 5) is 28.0. The summed E-state index contributed by atoms with van der Waals surface area (Å²) < 4.78 is 1.57. The van der Waals surface area contributed by atoms with Gasteiger partial charge in [-0.25, -0.2) is 0 Å². The molecule has 1 aliphatic rings. The molecule has 1 aromatic heterocycles. The van der Waals surface area contributed by atoms with Gasteiger partial charge in [0, 0.05) is 40.2 Å². The third kappa shape index (κ3) is 2.87. The van der Waals surface area contributed by atoms with Gasteiger partial charge in [0.25, 0.3) is 0 Å². The second-order valence-corrected chi connectivity index (χ2v) is 4.63. The van der Waals surface area contributed by atoms with Crippen molar-refractivity contribution in [2.75, 3.05) is 38.0 Å². The van der Waals surface area contributed by atoms with E-state index in [1.807, 2.05) is 0 Å². The number of aromatic nitrogens is 2. The highest BCUT2D eigenvalue weighted by Crippen LogP contribution is 2.23. The van der Waals surface area contributed by atoms with E-state index in [4.69, 9.17) is 0 Å². The molecule has 1 aliphatic heterocycles. The molecule has 0 radical (unpaired) electrons. The maximum absolute atomic E-state index is 12.0. The van der Waals surface area contributed by atoms with Crippen LogP contribution >= 0.6 is 0 Å². The summed E-state index contributed by atoms with van der Waals surface area (Å²) >= 11 is 0. The molecule has 2 heterocycles. The van der Waals surface area contributed by atoms with E-state index < -0.39 is 4.92 Å². The number of imidazole rings is 1. The van der Waals surface area contributed by atoms with Crippen molar-refractivity contribution in [2.45, 2.75) is 6.92 Å². The lowest BCUT2D eigenvalue weighted by atomic mass is 10.3. The predicted octanol–water partition coefficient (Wildman–Crippen LogP) is -0.520. The van der Waals surface area contributed by atoms with Crippen LogP contribution in [0.2, 0.25) is 0 Å². The van der Waals surface area contributed by atoms with Crippen LogP contribution in [-0.2, 0) is 11.8 Å². The minimum atomic E-state index is -0.551. The van der Waals surface area contributed by atoms with Crippen molar-refractivity contribution in [3.63, 3.8) is 0 Å². The first-order chi connectivity index (χ1) is 9.50. The van der Waals surface area contributed by atoms with Crippen molar-refractivity contribution in [2.24, 2.45) is 7.05 Å². The van der Waals surface area contributed by atoms with Gasteiger partial charge in [0.15, 0.2) is 0 Å². The van der Waals surface area contributed by atoms with Gasteiger partial charge in [-0.2, -0.15) is 0 Å². The van der Waals surface area contributed by atoms with Crippen LogP contribution < -0.4 is 10.6 Å². The van der Waals surface area contributed by atoms with Crippen molar-refractivity contribution in [1.29, 1.82) is 0 Å². The van der Waals surface area contributed by atoms with Gasteiger partial charge < -0.3 is 25.6 Å². The lowest BCUT2D eigenvalue weighted by Gasteiger charge is -2.27. The molecule has 9 heteroatoms. The van der Waals surface area contributed by atoms with Gasteiger partial charge in [0.05, 0.1) is 6.54 Å². The smallest absolute Gasteiger partial charge is 0.358 e. The van der Waals surface area contributed by atoms with Gasteiger partial charge in [-0.05, 0) is 9.91 Å². The second-order valence-electron chi connectivity index (χ2n) is 4.63. The Morgan fingerprint density at radius 1 is 1.50 bits per heavy atom. The molecule has 0 unspecified atom stereocenters. The number of nitrogens with one attached hydrogen (secondary N) is 2. The fraction of sp³-hybridized carbons (Fsp3) is 0.636. The molecule has 1 saturated heterocycles. The maximum atomic E-state index is 12.0. The first-order valence-corrected chi connectivity index (χ1v) is 6.40. The Morgan fingerprint density at radius 2 is 2.15 bits per heavy atom. The Kier molecular flexibility index (Phi) is 4.18. The fourth-order valence-electron chi connectivity index (χ4n) is 2.10. The van der Waals surface area contributed by atoms with Gasteiger partial charge in [-0.1, -0.05) is 0 Å². The molecule has 1 amide bonds. The second kappa shape index (κ2) is 5.87. The van der Waals surface area contributed by atoms with Gasteiger partial charge in [-0.15, -0.1) is 0 Å². The summed E-state index contributed by atoms with van der Waals surface area (Å²) in [5, 5.41) is 16.9. The summed E-state index contributed by atoms with van der Waals surface area (Å²) in [6.07, 6.45) is 0. The van der Waals surface area contributed by atoms with Crippen molar-refractivity contribution in [3.8, 4) is 0 Å². The highest BCUT2D eigenvalue weighted by molar-refractivity contribution is 5.81. The first-order valence-electron chi connectivity index (χ1n) is 6.40. The number of nitro groups is 1. The minimum absolute atomic E-state index is 0.0276. The Labute approximate surface area is 116 Å². The molecule has 0 bridgehead atoms. The molecule has 0 aromatic carbocycles. The van der Waals surface area contributed by atoms with Gasteiger partial charge in [0.1, 0.15) is 0 Å². The monoisotopic (exact) mass is 282 g/mol. The summed E-state index contributed by atoms with van der Waals surface area (Å²) in [6.45, 7) is 4.57. The molecule has 1 fully saturated rings. The largest absolute Gasteiger partial charge is 0.406 e. The lowest BCUT2D eigenvalue weighted by molar-refractivity contribution is -0.388. The Morgan fingerprint density at radius 3 is 2.75 bits per heavy atom. The quantitative estimate of drug-likeness (QED) is 0.568. The van der Waals surface area contributed by atoms with E-state index in [1.165, 1.54) is 0 Å². The molecular formula is C11H18N6O3. The third-order valence-corrected chi connectivity index (χ3v) is 3.35. The molecule has 0 saturated carbocycles. The fourth-order valence-corrected chi connectivity index (χ4v) is 2.10. The zero-order chi connectivity index (χ0) is 14.7. The summed E-state index contributed by atoms with van der Waals surface area (Å²) in [6, 6.07) is 0. The molecule has 110 valence electrons. The van der Waals surface area contributed by atoms with Crippen molar-refractivity contribution in [3.05, 3.63) is 15.9 Å². The number of hydrogen-bond acceptors (Lipinski definition) is 6. The summed E-state index contributed by atoms with van der Waals surface area (Å²) in [5.74, 6) is 0.461. The van der Waals surface area contributed by atoms with Crippen molar-refractivity contribution < 1.29 is 9.72 Å². The van der Waals surface area contributed by atoms with Crippen LogP contribution in [0.4, 0.5) is 11.6 Å². The standard InChI is InChI=1S/C11H18N6O3/c1-8-14-11(17(19)20)10(15(8)2)13-7-9(18)16-5-3-12-4-6-16/h12-13H,3-7H2,1-2H3. The molecular weight excluding hydrogens is 264 g/mol. The van der Waals surface area contributed by atoms with Crippen LogP contribution in [0.25, 0.3) is 0 Å². The highest BCUT2D eigenvalue weighted by Gasteiger charge is 2.24. The summed E-state index contributed by atoms with van der Waals surface area (Å²) in [7, 11) is 1.67. The van der Waals surface area contributed by atoms with Gasteiger partial charge in [0.2, 0.25) is 17.5 Å². The predicted molar refractivity (Wildman–Crippen MR) is 72.5 cm³/mol. The number of carbonyl (C=O) groups excluding carboxylic acids is 1. The van der Waals surface area contributed by atoms with Crippen LogP contribution in [-0.4, -0.2) is 58.0 Å². The first kappa shape index (κ1) is 14.3. The van der Waals surface area contributed by atoms with Gasteiger partial charge >= 0.3 is 5.82 Å². The number of amides is 1. The lowest BCUT2D eigenvalue weighted by Crippen LogP contribution is -2.48. The average Bonchev–Trinajstić information content (AvgIpc) is 2.73. The van der Waals surface area contributed by atoms with E-state index in [9.17, 15) is 14.9 Å². The van der Waals surface area contributed by atoms with Crippen molar-refractivity contribution in [1.82, 2.24) is 19.8 Å². The topological polar surface area (TPSA) is 105 Å². The SMILES string of the molecule is Cc1nc([N+](=O)[O-])c(NCC(=O)N2CCNCC2)n1C. The molecule has 9 nitrogen and oxygen atoms in total. The molecule has 0 atom stereocenters. The molecule has 1 aromatic rings. The number of hydrogen-bond donors (Lipinski definition) is 2. The average molecular weight is 282 g/mol. The normalized spacial score (nSPS) is 15.2. The van der Waals surface area contributed by atoms with Crippen molar-refractivity contribution >= 4 is 17.5 Å². The van der Waals surface area contributed by atoms with Crippen LogP contribution in [0.5, 0.6) is 0 Å². The number of rotatable bonds is 4. The number of carbonyl (C=O) groups is 1. The highest BCUT2D eigenvalue weighted by atomic mass is 16.6. The Hall–Kier alpha value is -2.16. The summed E-state index contributed by atoms with van der Waals surface area (Å²) in [5.41, 5.74) is 0. The van der Waals surface area contributed by atoms with E-state index in [0.717, 1.165) is 13.1 Å². The number of piperazine rings is 1. The molecule has 0 spiro atoms. The third-order valence-electron chi connectivity index (χ3n) is 3.35. The number of aryl methyl sites for hydroxylation is 1. The molecule has 2 N–H and O–H groups in total. The molecule has 20 heavy (non-hydrogen) atoms. The van der Waals surface area contributed by atoms with E-state index in [-0.39, 0.29) is 24.1 Å². The maximum Gasteiger partial charge on any atom is 0.406 e. The minimum Gasteiger partial charge on any atom is -0.358 e. The number of nitrogens with zero attached hydrogens (tertiary/aromatic N) is 4. The van der Waals surface area contributed by atoms with E-state index in [0.29, 0.717) is 18.9 Å². The zero-order valence-electron chi connectivity index (χ0n) is 11.5. The molecule has 2 rings (SSSR count). The van der Waals surface area contributed by atoms with Crippen LogP contribution in [0.3, 0.4) is 0 Å². The van der Waals surface area contributed by atoms with E-state index >= 15 is 0 Å².